The van der Waals surface area contributed by atoms with Crippen molar-refractivity contribution in [1.29, 1.82) is 0 Å². The zero-order chi connectivity index (χ0) is 30.4. The Morgan fingerprint density at radius 3 is 2.22 bits per heavy atom. The highest BCUT2D eigenvalue weighted by atomic mass is 16.4. The summed E-state index contributed by atoms with van der Waals surface area (Å²) in [6.07, 6.45) is 12.1. The standard InChI is InChI=1S/C36H57NO4/c1-23(2)24-12-17-36(22-38)19-18-34(8)25(29(24)36)10-11-27-33(7)20-21-37(28(39)14-15-31(3,4)30(40)41)32(5,6)26(33)13-16-35(27,34)9/h22,24-27,29H,1,10-21H2,2-9H3,(H,40,41)/t24-,25+,26-,27+,29+,33-,34+,35+,36+/m0/s1. The number of piperidine rings is 1. The highest BCUT2D eigenvalue weighted by Gasteiger charge is 2.71. The molecule has 5 nitrogen and oxygen atoms in total. The van der Waals surface area contributed by atoms with Gasteiger partial charge in [0.05, 0.1) is 5.41 Å². The molecule has 5 fully saturated rings. The number of aldehydes is 1. The zero-order valence-electron chi connectivity index (χ0n) is 27.3. The van der Waals surface area contributed by atoms with E-state index in [-0.39, 0.29) is 39.5 Å². The summed E-state index contributed by atoms with van der Waals surface area (Å²) >= 11 is 0. The third-order valence-electron chi connectivity index (χ3n) is 14.9. The molecule has 41 heavy (non-hydrogen) atoms. The minimum absolute atomic E-state index is 0.111. The predicted molar refractivity (Wildman–Crippen MR) is 163 cm³/mol. The lowest BCUT2D eigenvalue weighted by Gasteiger charge is -2.73. The molecule has 9 atom stereocenters. The Morgan fingerprint density at radius 1 is 0.927 bits per heavy atom. The highest BCUT2D eigenvalue weighted by molar-refractivity contribution is 5.79. The summed E-state index contributed by atoms with van der Waals surface area (Å²) in [5.74, 6) is 1.77. The number of carboxylic acid groups (broad SMARTS) is 1. The zero-order valence-corrected chi connectivity index (χ0v) is 27.3. The number of rotatable bonds is 6. The maximum atomic E-state index is 13.6. The van der Waals surface area contributed by atoms with Crippen LogP contribution in [0.15, 0.2) is 12.2 Å². The van der Waals surface area contributed by atoms with Crippen LogP contribution in [0.25, 0.3) is 0 Å². The number of carboxylic acids is 1. The van der Waals surface area contributed by atoms with Crippen molar-refractivity contribution in [2.45, 2.75) is 132 Å². The highest BCUT2D eigenvalue weighted by Crippen LogP contribution is 2.76. The van der Waals surface area contributed by atoms with Gasteiger partial charge in [-0.3, -0.25) is 9.59 Å². The monoisotopic (exact) mass is 567 g/mol. The Kier molecular flexibility index (Phi) is 7.27. The first-order valence-corrected chi connectivity index (χ1v) is 16.6. The average molecular weight is 568 g/mol. The van der Waals surface area contributed by atoms with E-state index in [2.05, 4.69) is 53.0 Å². The predicted octanol–water partition coefficient (Wildman–Crippen LogP) is 7.92. The van der Waals surface area contributed by atoms with Crippen LogP contribution in [-0.2, 0) is 14.4 Å². The van der Waals surface area contributed by atoms with Gasteiger partial charge in [-0.25, -0.2) is 0 Å². The van der Waals surface area contributed by atoms with E-state index < -0.39 is 11.4 Å². The van der Waals surface area contributed by atoms with Gasteiger partial charge in [-0.05, 0) is 145 Å². The van der Waals surface area contributed by atoms with E-state index in [0.29, 0.717) is 36.0 Å². The van der Waals surface area contributed by atoms with Crippen LogP contribution in [0.2, 0.25) is 0 Å². The van der Waals surface area contributed by atoms with Gasteiger partial charge in [0.2, 0.25) is 5.91 Å². The van der Waals surface area contributed by atoms with Crippen molar-refractivity contribution >= 4 is 18.2 Å². The number of allylic oxidation sites excluding steroid dienone is 1. The molecule has 0 aromatic rings. The number of hydrogen-bond donors (Lipinski definition) is 1. The molecular formula is C36H57NO4. The van der Waals surface area contributed by atoms with E-state index in [4.69, 9.17) is 0 Å². The maximum absolute atomic E-state index is 13.6. The number of aliphatic carboxylic acids is 1. The molecule has 4 aliphatic carbocycles. The summed E-state index contributed by atoms with van der Waals surface area (Å²) in [4.78, 5) is 40.1. The van der Waals surface area contributed by atoms with Gasteiger partial charge in [-0.15, -0.1) is 0 Å². The number of fused-ring (bicyclic) bond motifs is 7. The van der Waals surface area contributed by atoms with Gasteiger partial charge in [0.1, 0.15) is 6.29 Å². The van der Waals surface area contributed by atoms with E-state index in [9.17, 15) is 19.5 Å². The van der Waals surface area contributed by atoms with E-state index in [1.807, 2.05) is 0 Å². The van der Waals surface area contributed by atoms with Crippen LogP contribution < -0.4 is 0 Å². The van der Waals surface area contributed by atoms with Crippen molar-refractivity contribution in [3.8, 4) is 0 Å². The molecule has 5 rings (SSSR count). The van der Waals surface area contributed by atoms with Gasteiger partial charge in [0.25, 0.3) is 0 Å². The first kappa shape index (κ1) is 30.8. The topological polar surface area (TPSA) is 74.7 Å². The first-order chi connectivity index (χ1) is 18.9. The molecule has 0 radical (unpaired) electrons. The van der Waals surface area contributed by atoms with Gasteiger partial charge < -0.3 is 14.8 Å². The van der Waals surface area contributed by atoms with Crippen molar-refractivity contribution in [2.75, 3.05) is 6.54 Å². The van der Waals surface area contributed by atoms with Crippen molar-refractivity contribution < 1.29 is 19.5 Å². The van der Waals surface area contributed by atoms with Gasteiger partial charge in [-0.1, -0.05) is 32.9 Å². The smallest absolute Gasteiger partial charge is 0.309 e. The minimum atomic E-state index is -0.894. The molecule has 0 aromatic heterocycles. The van der Waals surface area contributed by atoms with Crippen molar-refractivity contribution in [3.63, 3.8) is 0 Å². The fraction of sp³-hybridized carbons (Fsp3) is 0.861. The molecule has 0 aromatic carbocycles. The Bertz CT molecular complexity index is 1120. The summed E-state index contributed by atoms with van der Waals surface area (Å²) in [6, 6.07) is 0. The minimum Gasteiger partial charge on any atom is -0.481 e. The van der Waals surface area contributed by atoms with Gasteiger partial charge in [0, 0.05) is 23.9 Å². The average Bonchev–Trinajstić information content (AvgIpc) is 3.28. The quantitative estimate of drug-likeness (QED) is 0.261. The summed E-state index contributed by atoms with van der Waals surface area (Å²) in [5, 5.41) is 9.57. The summed E-state index contributed by atoms with van der Waals surface area (Å²) < 4.78 is 0. The summed E-state index contributed by atoms with van der Waals surface area (Å²) in [7, 11) is 0. The largest absolute Gasteiger partial charge is 0.481 e. The van der Waals surface area contributed by atoms with E-state index in [1.54, 1.807) is 13.8 Å². The fourth-order valence-electron chi connectivity index (χ4n) is 12.2. The van der Waals surface area contributed by atoms with Crippen LogP contribution in [0, 0.1) is 56.7 Å². The molecule has 1 amide bonds. The lowest BCUT2D eigenvalue weighted by atomic mass is 9.33. The van der Waals surface area contributed by atoms with Crippen LogP contribution in [0.3, 0.4) is 0 Å². The number of carbonyl (C=O) groups is 3. The first-order valence-electron chi connectivity index (χ1n) is 16.6. The van der Waals surface area contributed by atoms with Gasteiger partial charge >= 0.3 is 5.97 Å². The van der Waals surface area contributed by atoms with E-state index in [0.717, 1.165) is 45.1 Å². The molecule has 230 valence electrons. The molecule has 1 N–H and O–H groups in total. The fourth-order valence-corrected chi connectivity index (χ4v) is 12.2. The van der Waals surface area contributed by atoms with Crippen LogP contribution in [0.4, 0.5) is 0 Å². The molecule has 1 heterocycles. The summed E-state index contributed by atoms with van der Waals surface area (Å²) in [6.45, 7) is 23.1. The van der Waals surface area contributed by atoms with Crippen LogP contribution in [0.1, 0.15) is 126 Å². The van der Waals surface area contributed by atoms with Crippen LogP contribution in [0.5, 0.6) is 0 Å². The Labute approximate surface area is 249 Å². The molecule has 4 saturated carbocycles. The number of likely N-dealkylation sites (tertiary alicyclic amines) is 1. The van der Waals surface area contributed by atoms with Crippen molar-refractivity contribution in [3.05, 3.63) is 12.2 Å². The Morgan fingerprint density at radius 2 is 1.61 bits per heavy atom. The third-order valence-corrected chi connectivity index (χ3v) is 14.9. The number of carbonyl (C=O) groups excluding carboxylic acids is 2. The maximum Gasteiger partial charge on any atom is 0.309 e. The Balaban J connectivity index is 1.42. The number of hydrogen-bond acceptors (Lipinski definition) is 3. The summed E-state index contributed by atoms with van der Waals surface area (Å²) in [5.41, 5.74) is 0.549. The second-order valence-electron chi connectivity index (χ2n) is 17.2. The SMILES string of the molecule is C=C(C)[C@@H]1CC[C@]2(C=O)CC[C@]3(C)[C@H](CC[C@@H]4[C@@]5(C)CCN(C(=O)CCC(C)(C)C(=O)O)C(C)(C)[C@@H]5CC[C@]43C)[C@@H]12. The normalized spacial score (nSPS) is 45.1. The molecular weight excluding hydrogens is 510 g/mol. The van der Waals surface area contributed by atoms with E-state index in [1.165, 1.54) is 31.1 Å². The van der Waals surface area contributed by atoms with Crippen LogP contribution >= 0.6 is 0 Å². The van der Waals surface area contributed by atoms with Crippen molar-refractivity contribution in [2.24, 2.45) is 56.7 Å². The van der Waals surface area contributed by atoms with Crippen molar-refractivity contribution in [1.82, 2.24) is 4.90 Å². The molecule has 5 aliphatic rings. The molecule has 0 unspecified atom stereocenters. The molecule has 0 bridgehead atoms. The molecule has 1 saturated heterocycles. The van der Waals surface area contributed by atoms with E-state index >= 15 is 0 Å². The third kappa shape index (κ3) is 4.16. The van der Waals surface area contributed by atoms with Gasteiger partial charge in [0.15, 0.2) is 0 Å². The number of amides is 1. The second-order valence-corrected chi connectivity index (χ2v) is 17.2. The number of nitrogens with zero attached hydrogens (tertiary/aromatic N) is 1. The lowest BCUT2D eigenvalue weighted by Crippen LogP contribution is -2.70. The van der Waals surface area contributed by atoms with Gasteiger partial charge in [-0.2, -0.15) is 0 Å². The molecule has 5 heteroatoms. The molecule has 0 spiro atoms. The lowest BCUT2D eigenvalue weighted by molar-refractivity contribution is -0.239. The van der Waals surface area contributed by atoms with Crippen LogP contribution in [-0.4, -0.2) is 40.3 Å². The Hall–Kier alpha value is -1.65. The second kappa shape index (κ2) is 9.68. The molecule has 1 aliphatic heterocycles.